The predicted molar refractivity (Wildman–Crippen MR) is 73.7 cm³/mol. The Labute approximate surface area is 121 Å². The molecule has 21 heavy (non-hydrogen) atoms. The second-order valence-electron chi connectivity index (χ2n) is 5.82. The van der Waals surface area contributed by atoms with Crippen LogP contribution in [-0.2, 0) is 5.41 Å². The van der Waals surface area contributed by atoms with Crippen LogP contribution in [0.2, 0.25) is 0 Å². The summed E-state index contributed by atoms with van der Waals surface area (Å²) in [5, 5.41) is 9.27. The minimum Gasteiger partial charge on any atom is -0.475 e. The van der Waals surface area contributed by atoms with Gasteiger partial charge in [0.05, 0.1) is 0 Å². The fraction of sp³-hybridized carbons (Fsp3) is 0.333. The first-order chi connectivity index (χ1) is 9.86. The topological polar surface area (TPSA) is 81.8 Å². The number of hydrogen-bond acceptors (Lipinski definition) is 5. The Kier molecular flexibility index (Phi) is 2.90. The lowest BCUT2D eigenvalue weighted by Gasteiger charge is -2.14. The van der Waals surface area contributed by atoms with Crippen molar-refractivity contribution in [2.45, 2.75) is 26.2 Å². The van der Waals surface area contributed by atoms with Gasteiger partial charge in [-0.1, -0.05) is 20.8 Å². The largest absolute Gasteiger partial charge is 0.475 e. The number of ether oxygens (including phenoxy) is 2. The van der Waals surface area contributed by atoms with Crippen molar-refractivity contribution < 1.29 is 23.8 Å². The molecule has 0 radical (unpaired) electrons. The summed E-state index contributed by atoms with van der Waals surface area (Å²) < 4.78 is 16.0. The maximum atomic E-state index is 11.3. The number of aromatic nitrogens is 1. The molecule has 1 aliphatic heterocycles. The highest BCUT2D eigenvalue weighted by Crippen LogP contribution is 2.37. The third-order valence-corrected chi connectivity index (χ3v) is 3.15. The smallest absolute Gasteiger partial charge is 0.373 e. The summed E-state index contributed by atoms with van der Waals surface area (Å²) in [5.41, 5.74) is 0.645. The van der Waals surface area contributed by atoms with Crippen molar-refractivity contribution in [1.82, 2.24) is 4.98 Å². The zero-order chi connectivity index (χ0) is 15.2. The molecule has 1 N–H and O–H groups in total. The molecule has 3 rings (SSSR count). The molecule has 0 aliphatic carbocycles. The quantitative estimate of drug-likeness (QED) is 0.915. The maximum Gasteiger partial charge on any atom is 0.373 e. The van der Waals surface area contributed by atoms with Gasteiger partial charge in [-0.25, -0.2) is 9.78 Å². The van der Waals surface area contributed by atoms with Crippen LogP contribution in [0.4, 0.5) is 0 Å². The molecule has 0 fully saturated rings. The minimum atomic E-state index is -1.13. The summed E-state index contributed by atoms with van der Waals surface area (Å²) >= 11 is 0. The van der Waals surface area contributed by atoms with Crippen LogP contribution in [0.5, 0.6) is 11.5 Å². The second kappa shape index (κ2) is 4.51. The summed E-state index contributed by atoms with van der Waals surface area (Å²) in [6.45, 7) is 5.85. The Morgan fingerprint density at radius 1 is 1.24 bits per heavy atom. The third-order valence-electron chi connectivity index (χ3n) is 3.15. The number of carboxylic acids is 1. The molecule has 0 spiro atoms. The Morgan fingerprint density at radius 2 is 1.95 bits per heavy atom. The summed E-state index contributed by atoms with van der Waals surface area (Å²) in [5.74, 6) is 0.255. The van der Waals surface area contributed by atoms with E-state index in [1.54, 1.807) is 18.2 Å². The van der Waals surface area contributed by atoms with E-state index >= 15 is 0 Å². The Hall–Kier alpha value is -2.50. The van der Waals surface area contributed by atoms with Gasteiger partial charge in [-0.3, -0.25) is 0 Å². The van der Waals surface area contributed by atoms with Crippen molar-refractivity contribution in [2.75, 3.05) is 6.79 Å². The summed E-state index contributed by atoms with van der Waals surface area (Å²) in [6, 6.07) is 5.24. The Morgan fingerprint density at radius 3 is 2.57 bits per heavy atom. The van der Waals surface area contributed by atoms with Crippen LogP contribution in [0.3, 0.4) is 0 Å². The van der Waals surface area contributed by atoms with E-state index in [9.17, 15) is 9.90 Å². The molecule has 1 aromatic heterocycles. The minimum absolute atomic E-state index is 0.129. The molecule has 0 saturated carbocycles. The summed E-state index contributed by atoms with van der Waals surface area (Å²) in [6.07, 6.45) is 0. The van der Waals surface area contributed by atoms with Gasteiger partial charge in [-0.05, 0) is 18.2 Å². The fourth-order valence-corrected chi connectivity index (χ4v) is 2.13. The van der Waals surface area contributed by atoms with Crippen LogP contribution in [0.1, 0.15) is 37.0 Å². The molecule has 1 aliphatic rings. The van der Waals surface area contributed by atoms with Gasteiger partial charge >= 0.3 is 5.97 Å². The van der Waals surface area contributed by atoms with Crippen LogP contribution in [0, 0.1) is 0 Å². The normalized spacial score (nSPS) is 13.5. The average Bonchev–Trinajstić information content (AvgIpc) is 3.03. The van der Waals surface area contributed by atoms with Gasteiger partial charge in [0.25, 0.3) is 0 Å². The van der Waals surface area contributed by atoms with Crippen LogP contribution < -0.4 is 9.47 Å². The molecular weight excluding hydrogens is 274 g/mol. The van der Waals surface area contributed by atoms with Crippen molar-refractivity contribution in [2.24, 2.45) is 0 Å². The number of benzene rings is 1. The third kappa shape index (κ3) is 2.33. The fourth-order valence-electron chi connectivity index (χ4n) is 2.13. The van der Waals surface area contributed by atoms with Gasteiger partial charge < -0.3 is 19.0 Å². The highest BCUT2D eigenvalue weighted by Gasteiger charge is 2.29. The number of hydrogen-bond donors (Lipinski definition) is 1. The van der Waals surface area contributed by atoms with E-state index in [1.165, 1.54) is 0 Å². The lowest BCUT2D eigenvalue weighted by molar-refractivity contribution is 0.0659. The molecule has 0 amide bonds. The number of fused-ring (bicyclic) bond motifs is 1. The summed E-state index contributed by atoms with van der Waals surface area (Å²) in [7, 11) is 0. The van der Waals surface area contributed by atoms with E-state index < -0.39 is 11.4 Å². The Balaban J connectivity index is 2.09. The lowest BCUT2D eigenvalue weighted by atomic mass is 9.91. The standard InChI is InChI=1S/C15H15NO5/c1-15(2,3)12-11(14(17)18)21-13(16-12)8-4-5-9-10(6-8)20-7-19-9/h4-6H,7H2,1-3H3,(H,17,18). The average molecular weight is 289 g/mol. The lowest BCUT2D eigenvalue weighted by Crippen LogP contribution is -2.16. The molecule has 6 heteroatoms. The molecule has 6 nitrogen and oxygen atoms in total. The molecule has 0 atom stereocenters. The molecule has 1 aromatic carbocycles. The summed E-state index contributed by atoms with van der Waals surface area (Å²) in [4.78, 5) is 15.7. The number of carboxylic acid groups (broad SMARTS) is 1. The second-order valence-corrected chi connectivity index (χ2v) is 5.82. The van der Waals surface area contributed by atoms with Gasteiger partial charge in [0.15, 0.2) is 11.5 Å². The first kappa shape index (κ1) is 13.5. The molecule has 0 saturated heterocycles. The van der Waals surface area contributed by atoms with Crippen molar-refractivity contribution in [3.63, 3.8) is 0 Å². The monoisotopic (exact) mass is 289 g/mol. The first-order valence-corrected chi connectivity index (χ1v) is 6.51. The van der Waals surface area contributed by atoms with E-state index in [1.807, 2.05) is 20.8 Å². The number of rotatable bonds is 2. The van der Waals surface area contributed by atoms with Crippen molar-refractivity contribution in [1.29, 1.82) is 0 Å². The number of carbonyl (C=O) groups is 1. The molecule has 0 unspecified atom stereocenters. The van der Waals surface area contributed by atoms with Crippen molar-refractivity contribution in [3.05, 3.63) is 29.7 Å². The highest BCUT2D eigenvalue weighted by atomic mass is 16.7. The first-order valence-electron chi connectivity index (χ1n) is 6.51. The molecule has 110 valence electrons. The van der Waals surface area contributed by atoms with Crippen LogP contribution in [0.15, 0.2) is 22.6 Å². The van der Waals surface area contributed by atoms with Gasteiger partial charge in [-0.15, -0.1) is 0 Å². The van der Waals surface area contributed by atoms with Crippen molar-refractivity contribution in [3.8, 4) is 23.0 Å². The van der Waals surface area contributed by atoms with Gasteiger partial charge in [0.2, 0.25) is 18.4 Å². The number of aromatic carboxylic acids is 1. The van der Waals surface area contributed by atoms with E-state index in [2.05, 4.69) is 4.98 Å². The van der Waals surface area contributed by atoms with Crippen LogP contribution in [-0.4, -0.2) is 22.9 Å². The SMILES string of the molecule is CC(C)(C)c1nc(-c2ccc3c(c2)OCO3)oc1C(=O)O. The number of oxazole rings is 1. The Bertz CT molecular complexity index is 711. The zero-order valence-corrected chi connectivity index (χ0v) is 12.0. The molecule has 2 aromatic rings. The maximum absolute atomic E-state index is 11.3. The van der Waals surface area contributed by atoms with Crippen molar-refractivity contribution >= 4 is 5.97 Å². The van der Waals surface area contributed by atoms with Gasteiger partial charge in [-0.2, -0.15) is 0 Å². The molecule has 2 heterocycles. The van der Waals surface area contributed by atoms with E-state index in [-0.39, 0.29) is 18.4 Å². The predicted octanol–water partition coefficient (Wildman–Crippen LogP) is 3.07. The zero-order valence-electron chi connectivity index (χ0n) is 12.0. The van der Waals surface area contributed by atoms with E-state index in [4.69, 9.17) is 13.9 Å². The molecular formula is C15H15NO5. The van der Waals surface area contributed by atoms with Gasteiger partial charge in [0.1, 0.15) is 5.69 Å². The molecule has 0 bridgehead atoms. The van der Waals surface area contributed by atoms with Crippen LogP contribution in [0.25, 0.3) is 11.5 Å². The van der Waals surface area contributed by atoms with E-state index in [0.29, 0.717) is 22.8 Å². The highest BCUT2D eigenvalue weighted by molar-refractivity contribution is 5.86. The van der Waals surface area contributed by atoms with Crippen LogP contribution >= 0.6 is 0 Å². The van der Waals surface area contributed by atoms with E-state index in [0.717, 1.165) is 0 Å². The number of nitrogens with zero attached hydrogens (tertiary/aromatic N) is 1. The van der Waals surface area contributed by atoms with Gasteiger partial charge in [0, 0.05) is 11.0 Å².